The molecule has 0 aliphatic carbocycles. The molecule has 98 valence electrons. The lowest BCUT2D eigenvalue weighted by molar-refractivity contribution is 0.578. The van der Waals surface area contributed by atoms with Crippen molar-refractivity contribution in [3.05, 3.63) is 58.1 Å². The fourth-order valence-corrected chi connectivity index (χ4v) is 2.91. The number of aromatic nitrogens is 2. The van der Waals surface area contributed by atoms with E-state index in [1.807, 2.05) is 22.2 Å². The molecule has 1 aromatic carbocycles. The zero-order valence-electron chi connectivity index (χ0n) is 9.88. The van der Waals surface area contributed by atoms with Crippen LogP contribution in [0.1, 0.15) is 17.3 Å². The lowest BCUT2D eigenvalue weighted by atomic mass is 10.0. The van der Waals surface area contributed by atoms with Gasteiger partial charge in [-0.2, -0.15) is 0 Å². The summed E-state index contributed by atoms with van der Waals surface area (Å²) >= 11 is 7.42. The van der Waals surface area contributed by atoms with Crippen LogP contribution in [0.15, 0.2) is 36.0 Å². The topological polar surface area (TPSA) is 43.3 Å². The van der Waals surface area contributed by atoms with Gasteiger partial charge in [-0.1, -0.05) is 11.6 Å². The quantitative estimate of drug-likeness (QED) is 0.804. The zero-order valence-corrected chi connectivity index (χ0v) is 11.5. The Balaban J connectivity index is 1.86. The molecule has 2 heterocycles. The standard InChI is InChI=1S/C13H11ClFN3S/c14-8-1-2-11(15)10(5-8)12(16)6-9-7-18-3-4-19-13(18)17-9/h1-5,7,12H,6,16H2. The maximum absolute atomic E-state index is 13.7. The van der Waals surface area contributed by atoms with E-state index in [0.717, 1.165) is 10.7 Å². The molecule has 0 amide bonds. The number of rotatable bonds is 3. The van der Waals surface area contributed by atoms with Crippen molar-refractivity contribution in [3.8, 4) is 0 Å². The number of imidazole rings is 1. The van der Waals surface area contributed by atoms with Crippen molar-refractivity contribution >= 4 is 27.9 Å². The summed E-state index contributed by atoms with van der Waals surface area (Å²) < 4.78 is 15.6. The molecule has 0 radical (unpaired) electrons. The number of thiazole rings is 1. The molecule has 0 saturated carbocycles. The minimum absolute atomic E-state index is 0.335. The van der Waals surface area contributed by atoms with Crippen LogP contribution >= 0.6 is 22.9 Å². The Kier molecular flexibility index (Phi) is 3.26. The van der Waals surface area contributed by atoms with Crippen LogP contribution in [0.5, 0.6) is 0 Å². The second-order valence-electron chi connectivity index (χ2n) is 4.30. The molecule has 0 aliphatic heterocycles. The summed E-state index contributed by atoms with van der Waals surface area (Å²) in [7, 11) is 0. The van der Waals surface area contributed by atoms with Crippen molar-refractivity contribution in [2.75, 3.05) is 0 Å². The highest BCUT2D eigenvalue weighted by Gasteiger charge is 2.14. The van der Waals surface area contributed by atoms with E-state index in [-0.39, 0.29) is 5.82 Å². The van der Waals surface area contributed by atoms with Crippen molar-refractivity contribution in [2.24, 2.45) is 5.73 Å². The first-order valence-electron chi connectivity index (χ1n) is 5.75. The molecule has 3 aromatic rings. The van der Waals surface area contributed by atoms with Crippen LogP contribution in [-0.4, -0.2) is 9.38 Å². The molecule has 1 atom stereocenters. The van der Waals surface area contributed by atoms with Gasteiger partial charge in [-0.25, -0.2) is 9.37 Å². The second kappa shape index (κ2) is 4.92. The van der Waals surface area contributed by atoms with Gasteiger partial charge in [0.05, 0.1) is 5.69 Å². The highest BCUT2D eigenvalue weighted by Crippen LogP contribution is 2.23. The van der Waals surface area contributed by atoms with Gasteiger partial charge in [0.1, 0.15) is 5.82 Å². The molecule has 0 bridgehead atoms. The van der Waals surface area contributed by atoms with E-state index in [9.17, 15) is 4.39 Å². The molecule has 0 fully saturated rings. The summed E-state index contributed by atoms with van der Waals surface area (Å²) in [5.41, 5.74) is 7.31. The third kappa shape index (κ3) is 2.49. The third-order valence-corrected chi connectivity index (χ3v) is 3.94. The van der Waals surface area contributed by atoms with Crippen LogP contribution in [0.3, 0.4) is 0 Å². The summed E-state index contributed by atoms with van der Waals surface area (Å²) in [4.78, 5) is 5.35. The second-order valence-corrected chi connectivity index (χ2v) is 5.61. The van der Waals surface area contributed by atoms with E-state index in [4.69, 9.17) is 17.3 Å². The van der Waals surface area contributed by atoms with Gasteiger partial charge in [0, 0.05) is 40.8 Å². The largest absolute Gasteiger partial charge is 0.324 e. The van der Waals surface area contributed by atoms with Crippen molar-refractivity contribution in [3.63, 3.8) is 0 Å². The number of nitrogens with zero attached hydrogens (tertiary/aromatic N) is 2. The highest BCUT2D eigenvalue weighted by atomic mass is 35.5. The molecule has 3 nitrogen and oxygen atoms in total. The van der Waals surface area contributed by atoms with Crippen LogP contribution in [0, 0.1) is 5.82 Å². The Morgan fingerprint density at radius 3 is 3.11 bits per heavy atom. The zero-order chi connectivity index (χ0) is 13.4. The molecule has 19 heavy (non-hydrogen) atoms. The maximum atomic E-state index is 13.7. The molecule has 0 aliphatic rings. The summed E-state index contributed by atoms with van der Waals surface area (Å²) in [6.07, 6.45) is 4.32. The van der Waals surface area contributed by atoms with Gasteiger partial charge in [-0.3, -0.25) is 4.40 Å². The Morgan fingerprint density at radius 2 is 2.32 bits per heavy atom. The molecule has 3 rings (SSSR count). The summed E-state index contributed by atoms with van der Waals surface area (Å²) in [5, 5.41) is 2.44. The monoisotopic (exact) mass is 295 g/mol. The Bertz CT molecular complexity index is 693. The van der Waals surface area contributed by atoms with Gasteiger partial charge in [-0.15, -0.1) is 11.3 Å². The number of halogens is 2. The van der Waals surface area contributed by atoms with Crippen LogP contribution in [0.4, 0.5) is 4.39 Å². The van der Waals surface area contributed by atoms with Crippen LogP contribution < -0.4 is 5.73 Å². The first-order valence-corrected chi connectivity index (χ1v) is 7.01. The third-order valence-electron chi connectivity index (χ3n) is 2.93. The number of benzene rings is 1. The lowest BCUT2D eigenvalue weighted by Gasteiger charge is -2.11. The van der Waals surface area contributed by atoms with Crippen LogP contribution in [0.25, 0.3) is 4.96 Å². The average molecular weight is 296 g/mol. The van der Waals surface area contributed by atoms with Gasteiger partial charge < -0.3 is 5.73 Å². The predicted octanol–water partition coefficient (Wildman–Crippen LogP) is 3.43. The Labute approximate surface area is 118 Å². The average Bonchev–Trinajstić information content (AvgIpc) is 2.92. The molecule has 1 unspecified atom stereocenters. The Hall–Kier alpha value is -1.43. The first-order chi connectivity index (χ1) is 9.13. The summed E-state index contributed by atoms with van der Waals surface area (Å²) in [5.74, 6) is -0.335. The summed E-state index contributed by atoms with van der Waals surface area (Å²) in [6.45, 7) is 0. The summed E-state index contributed by atoms with van der Waals surface area (Å²) in [6, 6.07) is 3.96. The van der Waals surface area contributed by atoms with Crippen LogP contribution in [-0.2, 0) is 6.42 Å². The molecule has 0 spiro atoms. The molecular formula is C13H11ClFN3S. The molecular weight excluding hydrogens is 285 g/mol. The van der Waals surface area contributed by atoms with E-state index in [0.29, 0.717) is 17.0 Å². The Morgan fingerprint density at radius 1 is 1.47 bits per heavy atom. The highest BCUT2D eigenvalue weighted by molar-refractivity contribution is 7.15. The molecule has 2 N–H and O–H groups in total. The van der Waals surface area contributed by atoms with Gasteiger partial charge >= 0.3 is 0 Å². The van der Waals surface area contributed by atoms with Crippen molar-refractivity contribution in [2.45, 2.75) is 12.5 Å². The SMILES string of the molecule is NC(Cc1cn2ccsc2n1)c1cc(Cl)ccc1F. The smallest absolute Gasteiger partial charge is 0.193 e. The molecule has 2 aromatic heterocycles. The predicted molar refractivity (Wildman–Crippen MR) is 75.1 cm³/mol. The molecule has 0 saturated heterocycles. The van der Waals surface area contributed by atoms with Gasteiger partial charge in [-0.05, 0) is 18.2 Å². The van der Waals surface area contributed by atoms with E-state index < -0.39 is 6.04 Å². The minimum atomic E-state index is -0.455. The number of nitrogens with two attached hydrogens (primary N) is 1. The van der Waals surface area contributed by atoms with Crippen molar-refractivity contribution in [1.29, 1.82) is 0 Å². The van der Waals surface area contributed by atoms with E-state index in [2.05, 4.69) is 4.98 Å². The van der Waals surface area contributed by atoms with Gasteiger partial charge in [0.15, 0.2) is 4.96 Å². The number of fused-ring (bicyclic) bond motifs is 1. The maximum Gasteiger partial charge on any atom is 0.193 e. The van der Waals surface area contributed by atoms with Crippen LogP contribution in [0.2, 0.25) is 5.02 Å². The fourth-order valence-electron chi connectivity index (χ4n) is 2.01. The number of hydrogen-bond donors (Lipinski definition) is 1. The molecule has 6 heteroatoms. The first kappa shape index (κ1) is 12.6. The number of hydrogen-bond acceptors (Lipinski definition) is 3. The van der Waals surface area contributed by atoms with E-state index in [1.54, 1.807) is 17.4 Å². The fraction of sp³-hybridized carbons (Fsp3) is 0.154. The van der Waals surface area contributed by atoms with Gasteiger partial charge in [0.2, 0.25) is 0 Å². The van der Waals surface area contributed by atoms with E-state index >= 15 is 0 Å². The van der Waals surface area contributed by atoms with Gasteiger partial charge in [0.25, 0.3) is 0 Å². The van der Waals surface area contributed by atoms with Crippen molar-refractivity contribution < 1.29 is 4.39 Å². The lowest BCUT2D eigenvalue weighted by Crippen LogP contribution is -2.15. The van der Waals surface area contributed by atoms with E-state index in [1.165, 1.54) is 12.1 Å². The van der Waals surface area contributed by atoms with Crippen molar-refractivity contribution in [1.82, 2.24) is 9.38 Å². The normalized spacial score (nSPS) is 13.0. The minimum Gasteiger partial charge on any atom is -0.324 e.